The van der Waals surface area contributed by atoms with E-state index in [9.17, 15) is 4.39 Å². The van der Waals surface area contributed by atoms with E-state index in [2.05, 4.69) is 0 Å². The van der Waals surface area contributed by atoms with Gasteiger partial charge in [0.1, 0.15) is 17.3 Å². The molecule has 0 aliphatic heterocycles. The van der Waals surface area contributed by atoms with Crippen LogP contribution in [0.5, 0.6) is 11.5 Å². The van der Waals surface area contributed by atoms with Crippen LogP contribution in [0.25, 0.3) is 0 Å². The summed E-state index contributed by atoms with van der Waals surface area (Å²) in [6.45, 7) is 3.75. The van der Waals surface area contributed by atoms with Gasteiger partial charge in [0.05, 0.1) is 0 Å². The molecule has 0 saturated heterocycles. The van der Waals surface area contributed by atoms with E-state index in [1.807, 2.05) is 19.1 Å². The first-order chi connectivity index (χ1) is 9.99. The largest absolute Gasteiger partial charge is 0.457 e. The smallest absolute Gasteiger partial charge is 0.128 e. The van der Waals surface area contributed by atoms with Crippen molar-refractivity contribution < 1.29 is 9.13 Å². The molecule has 0 spiro atoms. The van der Waals surface area contributed by atoms with Crippen LogP contribution in [0, 0.1) is 12.7 Å². The number of halogens is 2. The molecule has 2 N–H and O–H groups in total. The average molecular weight is 308 g/mol. The molecule has 0 radical (unpaired) electrons. The van der Waals surface area contributed by atoms with E-state index < -0.39 is 0 Å². The third-order valence-corrected chi connectivity index (χ3v) is 3.75. The van der Waals surface area contributed by atoms with Crippen molar-refractivity contribution in [2.24, 2.45) is 5.73 Å². The SMILES string of the molecule is CCC(N)Cc1ccc(Oc2ccc(F)c(C)c2)cc1Cl. The van der Waals surface area contributed by atoms with Crippen molar-refractivity contribution in [3.05, 3.63) is 58.4 Å². The third-order valence-electron chi connectivity index (χ3n) is 3.40. The lowest BCUT2D eigenvalue weighted by molar-refractivity contribution is 0.479. The summed E-state index contributed by atoms with van der Waals surface area (Å²) < 4.78 is 18.9. The fraction of sp³-hybridized carbons (Fsp3) is 0.294. The van der Waals surface area contributed by atoms with Crippen molar-refractivity contribution in [3.8, 4) is 11.5 Å². The summed E-state index contributed by atoms with van der Waals surface area (Å²) in [6, 6.07) is 10.3. The van der Waals surface area contributed by atoms with Crippen molar-refractivity contribution in [1.29, 1.82) is 0 Å². The summed E-state index contributed by atoms with van der Waals surface area (Å²) in [5.41, 5.74) is 7.49. The van der Waals surface area contributed by atoms with Gasteiger partial charge in [0.25, 0.3) is 0 Å². The Morgan fingerprint density at radius 3 is 2.48 bits per heavy atom. The molecule has 0 aliphatic rings. The Bertz CT molecular complexity index is 630. The molecule has 4 heteroatoms. The molecule has 0 heterocycles. The van der Waals surface area contributed by atoms with Crippen molar-refractivity contribution in [1.82, 2.24) is 0 Å². The normalized spacial score (nSPS) is 12.2. The van der Waals surface area contributed by atoms with Crippen LogP contribution < -0.4 is 10.5 Å². The van der Waals surface area contributed by atoms with Gasteiger partial charge >= 0.3 is 0 Å². The number of benzene rings is 2. The highest BCUT2D eigenvalue weighted by atomic mass is 35.5. The van der Waals surface area contributed by atoms with Gasteiger partial charge in [-0.3, -0.25) is 0 Å². The molecular weight excluding hydrogens is 289 g/mol. The zero-order chi connectivity index (χ0) is 15.4. The third kappa shape index (κ3) is 4.19. The Labute approximate surface area is 129 Å². The van der Waals surface area contributed by atoms with E-state index >= 15 is 0 Å². The van der Waals surface area contributed by atoms with E-state index in [4.69, 9.17) is 22.1 Å². The van der Waals surface area contributed by atoms with Gasteiger partial charge in [-0.2, -0.15) is 0 Å². The zero-order valence-electron chi connectivity index (χ0n) is 12.2. The van der Waals surface area contributed by atoms with E-state index in [0.717, 1.165) is 18.4 Å². The molecular formula is C17H19ClFNO. The first-order valence-electron chi connectivity index (χ1n) is 6.97. The Morgan fingerprint density at radius 2 is 1.86 bits per heavy atom. The Kier molecular flexibility index (Phi) is 5.21. The highest BCUT2D eigenvalue weighted by molar-refractivity contribution is 6.31. The average Bonchev–Trinajstić information content (AvgIpc) is 2.45. The summed E-state index contributed by atoms with van der Waals surface area (Å²) in [5.74, 6) is 0.965. The van der Waals surface area contributed by atoms with Gasteiger partial charge in [-0.25, -0.2) is 4.39 Å². The van der Waals surface area contributed by atoms with E-state index in [0.29, 0.717) is 22.1 Å². The van der Waals surface area contributed by atoms with Crippen molar-refractivity contribution >= 4 is 11.6 Å². The van der Waals surface area contributed by atoms with Gasteiger partial charge in [-0.05, 0) is 61.2 Å². The molecule has 0 aliphatic carbocycles. The van der Waals surface area contributed by atoms with E-state index in [-0.39, 0.29) is 11.9 Å². The Morgan fingerprint density at radius 1 is 1.19 bits per heavy atom. The van der Waals surface area contributed by atoms with Gasteiger partial charge in [0, 0.05) is 11.1 Å². The quantitative estimate of drug-likeness (QED) is 0.856. The van der Waals surface area contributed by atoms with Crippen LogP contribution in [-0.2, 0) is 6.42 Å². The number of nitrogens with two attached hydrogens (primary N) is 1. The number of rotatable bonds is 5. The summed E-state index contributed by atoms with van der Waals surface area (Å²) in [5, 5.41) is 0.634. The lowest BCUT2D eigenvalue weighted by atomic mass is 10.0. The summed E-state index contributed by atoms with van der Waals surface area (Å²) in [4.78, 5) is 0. The standard InChI is InChI=1S/C17H19ClFNO/c1-3-13(20)9-12-4-5-15(10-16(12)18)21-14-6-7-17(19)11(2)8-14/h4-8,10,13H,3,9,20H2,1-2H3. The van der Waals surface area contributed by atoms with Crippen molar-refractivity contribution in [2.75, 3.05) is 0 Å². The molecule has 0 bridgehead atoms. The van der Waals surface area contributed by atoms with Gasteiger partial charge < -0.3 is 10.5 Å². The molecule has 0 fully saturated rings. The van der Waals surface area contributed by atoms with Gasteiger partial charge in [0.2, 0.25) is 0 Å². The predicted molar refractivity (Wildman–Crippen MR) is 84.6 cm³/mol. The molecule has 2 rings (SSSR count). The topological polar surface area (TPSA) is 35.2 Å². The molecule has 1 unspecified atom stereocenters. The van der Waals surface area contributed by atoms with Crippen LogP contribution in [0.15, 0.2) is 36.4 Å². The number of hydrogen-bond donors (Lipinski definition) is 1. The second-order valence-corrected chi connectivity index (χ2v) is 5.55. The number of aryl methyl sites for hydroxylation is 1. The Hall–Kier alpha value is -1.58. The second-order valence-electron chi connectivity index (χ2n) is 5.14. The molecule has 0 amide bonds. The maximum atomic E-state index is 13.2. The van der Waals surface area contributed by atoms with E-state index in [1.54, 1.807) is 25.1 Å². The first kappa shape index (κ1) is 15.8. The molecule has 2 aromatic rings. The fourth-order valence-electron chi connectivity index (χ4n) is 2.00. The monoisotopic (exact) mass is 307 g/mol. The molecule has 0 saturated carbocycles. The molecule has 2 nitrogen and oxygen atoms in total. The first-order valence-corrected chi connectivity index (χ1v) is 7.35. The molecule has 2 aromatic carbocycles. The van der Waals surface area contributed by atoms with Crippen LogP contribution in [0.3, 0.4) is 0 Å². The Balaban J connectivity index is 2.14. The summed E-state index contributed by atoms with van der Waals surface area (Å²) in [6.07, 6.45) is 1.65. The summed E-state index contributed by atoms with van der Waals surface area (Å²) in [7, 11) is 0. The lowest BCUT2D eigenvalue weighted by Gasteiger charge is -2.12. The summed E-state index contributed by atoms with van der Waals surface area (Å²) >= 11 is 6.26. The second kappa shape index (κ2) is 6.92. The molecule has 1 atom stereocenters. The minimum atomic E-state index is -0.246. The highest BCUT2D eigenvalue weighted by Crippen LogP contribution is 2.28. The fourth-order valence-corrected chi connectivity index (χ4v) is 2.25. The van der Waals surface area contributed by atoms with Crippen LogP contribution in [0.1, 0.15) is 24.5 Å². The minimum Gasteiger partial charge on any atom is -0.457 e. The van der Waals surface area contributed by atoms with Crippen LogP contribution >= 0.6 is 11.6 Å². The minimum absolute atomic E-state index is 0.106. The lowest BCUT2D eigenvalue weighted by Crippen LogP contribution is -2.21. The zero-order valence-corrected chi connectivity index (χ0v) is 13.0. The van der Waals surface area contributed by atoms with Crippen molar-refractivity contribution in [2.45, 2.75) is 32.7 Å². The molecule has 21 heavy (non-hydrogen) atoms. The maximum Gasteiger partial charge on any atom is 0.128 e. The molecule has 112 valence electrons. The predicted octanol–water partition coefficient (Wildman–Crippen LogP) is 4.86. The molecule has 0 aromatic heterocycles. The van der Waals surface area contributed by atoms with Gasteiger partial charge in [-0.1, -0.05) is 24.6 Å². The van der Waals surface area contributed by atoms with Gasteiger partial charge in [0.15, 0.2) is 0 Å². The van der Waals surface area contributed by atoms with Crippen molar-refractivity contribution in [3.63, 3.8) is 0 Å². The van der Waals surface area contributed by atoms with E-state index in [1.165, 1.54) is 6.07 Å². The highest BCUT2D eigenvalue weighted by Gasteiger charge is 2.08. The number of hydrogen-bond acceptors (Lipinski definition) is 2. The van der Waals surface area contributed by atoms with Crippen LogP contribution in [0.2, 0.25) is 5.02 Å². The maximum absolute atomic E-state index is 13.2. The van der Waals surface area contributed by atoms with Crippen LogP contribution in [-0.4, -0.2) is 6.04 Å². The number of ether oxygens (including phenoxy) is 1. The van der Waals surface area contributed by atoms with Crippen LogP contribution in [0.4, 0.5) is 4.39 Å². The van der Waals surface area contributed by atoms with Gasteiger partial charge in [-0.15, -0.1) is 0 Å².